The standard InChI is InChI=1S/C18H15NO3S/c1-22-17(20)11-15-12-7-3-4-8-13(12)18(21)19(15)14-9-5-6-10-16(14)23-2/h3-11H,1-2H3/b15-11+. The molecule has 0 saturated heterocycles. The third-order valence-corrected chi connectivity index (χ3v) is 4.44. The summed E-state index contributed by atoms with van der Waals surface area (Å²) < 4.78 is 4.74. The lowest BCUT2D eigenvalue weighted by Gasteiger charge is -2.21. The van der Waals surface area contributed by atoms with Crippen LogP contribution in [-0.4, -0.2) is 25.2 Å². The molecule has 0 aliphatic carbocycles. The topological polar surface area (TPSA) is 46.6 Å². The third kappa shape index (κ3) is 2.64. The van der Waals surface area contributed by atoms with Crippen LogP contribution in [0.15, 0.2) is 59.5 Å². The quantitative estimate of drug-likeness (QED) is 0.491. The largest absolute Gasteiger partial charge is 0.466 e. The van der Waals surface area contributed by atoms with Crippen LogP contribution >= 0.6 is 11.8 Å². The van der Waals surface area contributed by atoms with Crippen molar-refractivity contribution in [3.05, 3.63) is 65.7 Å². The highest BCUT2D eigenvalue weighted by molar-refractivity contribution is 7.98. The Morgan fingerprint density at radius 1 is 1.09 bits per heavy atom. The van der Waals surface area contributed by atoms with E-state index in [1.165, 1.54) is 13.2 Å². The van der Waals surface area contributed by atoms with E-state index in [1.807, 2.05) is 48.7 Å². The van der Waals surface area contributed by atoms with Gasteiger partial charge in [0.25, 0.3) is 5.91 Å². The number of carbonyl (C=O) groups excluding carboxylic acids is 2. The number of hydrogen-bond donors (Lipinski definition) is 0. The number of thioether (sulfide) groups is 1. The minimum atomic E-state index is -0.490. The second-order valence-electron chi connectivity index (χ2n) is 4.91. The van der Waals surface area contributed by atoms with Crippen molar-refractivity contribution in [2.75, 3.05) is 18.3 Å². The van der Waals surface area contributed by atoms with Crippen molar-refractivity contribution in [3.63, 3.8) is 0 Å². The third-order valence-electron chi connectivity index (χ3n) is 3.66. The lowest BCUT2D eigenvalue weighted by Crippen LogP contribution is -2.23. The van der Waals surface area contributed by atoms with E-state index in [1.54, 1.807) is 22.7 Å². The Labute approximate surface area is 138 Å². The Kier molecular flexibility index (Phi) is 4.21. The van der Waals surface area contributed by atoms with Gasteiger partial charge in [0.2, 0.25) is 0 Å². The van der Waals surface area contributed by atoms with Gasteiger partial charge in [-0.1, -0.05) is 30.3 Å². The summed E-state index contributed by atoms with van der Waals surface area (Å²) in [6.45, 7) is 0. The van der Waals surface area contributed by atoms with Crippen LogP contribution in [0.4, 0.5) is 5.69 Å². The number of esters is 1. The highest BCUT2D eigenvalue weighted by atomic mass is 32.2. The molecule has 0 N–H and O–H groups in total. The number of fused-ring (bicyclic) bond motifs is 1. The first-order valence-electron chi connectivity index (χ1n) is 7.04. The second-order valence-corrected chi connectivity index (χ2v) is 5.76. The number of amides is 1. The van der Waals surface area contributed by atoms with Crippen molar-refractivity contribution in [3.8, 4) is 0 Å². The van der Waals surface area contributed by atoms with Crippen molar-refractivity contribution in [1.82, 2.24) is 0 Å². The van der Waals surface area contributed by atoms with Crippen molar-refractivity contribution >= 4 is 35.0 Å². The maximum absolute atomic E-state index is 12.9. The molecule has 2 aromatic rings. The molecule has 23 heavy (non-hydrogen) atoms. The highest BCUT2D eigenvalue weighted by Crippen LogP contribution is 2.40. The Morgan fingerprint density at radius 3 is 2.43 bits per heavy atom. The molecule has 3 rings (SSSR count). The molecule has 1 heterocycles. The molecule has 1 aliphatic heterocycles. The molecule has 4 nitrogen and oxygen atoms in total. The van der Waals surface area contributed by atoms with Gasteiger partial charge in [-0.2, -0.15) is 0 Å². The zero-order chi connectivity index (χ0) is 16.4. The van der Waals surface area contributed by atoms with E-state index in [9.17, 15) is 9.59 Å². The summed E-state index contributed by atoms with van der Waals surface area (Å²) >= 11 is 1.55. The summed E-state index contributed by atoms with van der Waals surface area (Å²) in [7, 11) is 1.32. The summed E-state index contributed by atoms with van der Waals surface area (Å²) in [6, 6.07) is 14.9. The van der Waals surface area contributed by atoms with Gasteiger partial charge in [-0.05, 0) is 24.5 Å². The average molecular weight is 325 g/mol. The van der Waals surface area contributed by atoms with Crippen molar-refractivity contribution < 1.29 is 14.3 Å². The molecule has 0 atom stereocenters. The number of hydrogen-bond acceptors (Lipinski definition) is 4. The first-order valence-corrected chi connectivity index (χ1v) is 8.26. The molecule has 2 aromatic carbocycles. The summed E-state index contributed by atoms with van der Waals surface area (Å²) in [6.07, 6.45) is 3.32. The zero-order valence-corrected chi connectivity index (χ0v) is 13.6. The molecule has 0 unspecified atom stereocenters. The summed E-state index contributed by atoms with van der Waals surface area (Å²) in [5, 5.41) is 0. The van der Waals surface area contributed by atoms with Crippen LogP contribution in [0.1, 0.15) is 15.9 Å². The van der Waals surface area contributed by atoms with Crippen molar-refractivity contribution in [2.24, 2.45) is 0 Å². The fourth-order valence-corrected chi connectivity index (χ4v) is 3.19. The number of nitrogens with zero attached hydrogens (tertiary/aromatic N) is 1. The zero-order valence-electron chi connectivity index (χ0n) is 12.8. The van der Waals surface area contributed by atoms with Crippen LogP contribution in [0.3, 0.4) is 0 Å². The summed E-state index contributed by atoms with van der Waals surface area (Å²) in [5.74, 6) is -0.631. The molecule has 0 bridgehead atoms. The molecule has 5 heteroatoms. The Balaban J connectivity index is 2.21. The van der Waals surface area contributed by atoms with E-state index in [0.29, 0.717) is 11.3 Å². The molecule has 1 aliphatic rings. The van der Waals surface area contributed by atoms with Crippen LogP contribution in [0.5, 0.6) is 0 Å². The highest BCUT2D eigenvalue weighted by Gasteiger charge is 2.34. The average Bonchev–Trinajstić information content (AvgIpc) is 2.87. The SMILES string of the molecule is COC(=O)/C=C1\c2ccccc2C(=O)N1c1ccccc1SC. The van der Waals surface area contributed by atoms with Crippen molar-refractivity contribution in [1.29, 1.82) is 0 Å². The summed E-state index contributed by atoms with van der Waals surface area (Å²) in [5.41, 5.74) is 2.62. The van der Waals surface area contributed by atoms with Crippen LogP contribution < -0.4 is 4.90 Å². The van der Waals surface area contributed by atoms with Crippen molar-refractivity contribution in [2.45, 2.75) is 4.90 Å². The lowest BCUT2D eigenvalue weighted by atomic mass is 10.1. The summed E-state index contributed by atoms with van der Waals surface area (Å²) in [4.78, 5) is 27.2. The number of methoxy groups -OCH3 is 1. The lowest BCUT2D eigenvalue weighted by molar-refractivity contribution is -0.134. The molecular formula is C18H15NO3S. The molecule has 116 valence electrons. The molecule has 0 fully saturated rings. The predicted molar refractivity (Wildman–Crippen MR) is 91.5 cm³/mol. The van der Waals surface area contributed by atoms with Gasteiger partial charge < -0.3 is 4.74 Å². The Hall–Kier alpha value is -2.53. The maximum Gasteiger partial charge on any atom is 0.332 e. The number of para-hydroxylation sites is 1. The van der Waals surface area contributed by atoms with Crippen LogP contribution in [-0.2, 0) is 9.53 Å². The molecular weight excluding hydrogens is 310 g/mol. The van der Waals surface area contributed by atoms with E-state index in [2.05, 4.69) is 0 Å². The Morgan fingerprint density at radius 2 is 1.74 bits per heavy atom. The number of carbonyl (C=O) groups is 2. The van der Waals surface area contributed by atoms with Gasteiger partial charge in [0.1, 0.15) is 0 Å². The predicted octanol–water partition coefficient (Wildman–Crippen LogP) is 3.58. The van der Waals surface area contributed by atoms with E-state index in [0.717, 1.165) is 16.1 Å². The van der Waals surface area contributed by atoms with Gasteiger partial charge in [0.05, 0.1) is 18.5 Å². The van der Waals surface area contributed by atoms with Gasteiger partial charge >= 0.3 is 5.97 Å². The number of rotatable bonds is 3. The van der Waals surface area contributed by atoms with E-state index in [-0.39, 0.29) is 5.91 Å². The number of ether oxygens (including phenoxy) is 1. The minimum Gasteiger partial charge on any atom is -0.466 e. The number of anilines is 1. The molecule has 0 aromatic heterocycles. The fourth-order valence-electron chi connectivity index (χ4n) is 2.61. The maximum atomic E-state index is 12.9. The van der Waals surface area contributed by atoms with Crippen LogP contribution in [0.25, 0.3) is 5.70 Å². The van der Waals surface area contributed by atoms with Crippen LogP contribution in [0.2, 0.25) is 0 Å². The molecule has 0 saturated carbocycles. The first kappa shape index (κ1) is 15.4. The van der Waals surface area contributed by atoms with Crippen LogP contribution in [0, 0.1) is 0 Å². The number of benzene rings is 2. The molecule has 1 amide bonds. The van der Waals surface area contributed by atoms with E-state index < -0.39 is 5.97 Å². The molecule has 0 spiro atoms. The van der Waals surface area contributed by atoms with Gasteiger partial charge in [0.15, 0.2) is 0 Å². The normalized spacial score (nSPS) is 15.0. The Bertz CT molecular complexity index is 813. The van der Waals surface area contributed by atoms with Gasteiger partial charge in [0, 0.05) is 22.1 Å². The second kappa shape index (κ2) is 6.30. The van der Waals surface area contributed by atoms with Gasteiger partial charge in [-0.3, -0.25) is 9.69 Å². The van der Waals surface area contributed by atoms with E-state index >= 15 is 0 Å². The monoisotopic (exact) mass is 325 g/mol. The minimum absolute atomic E-state index is 0.141. The molecule has 0 radical (unpaired) electrons. The first-order chi connectivity index (χ1) is 11.2. The fraction of sp³-hybridized carbons (Fsp3) is 0.111. The van der Waals surface area contributed by atoms with E-state index in [4.69, 9.17) is 4.74 Å². The smallest absolute Gasteiger partial charge is 0.332 e. The van der Waals surface area contributed by atoms with Gasteiger partial charge in [-0.25, -0.2) is 4.79 Å². The van der Waals surface area contributed by atoms with Gasteiger partial charge in [-0.15, -0.1) is 11.8 Å².